The molecule has 1 N–H and O–H groups in total. The SMILES string of the molecule is Ic1ccc(NCc2cccc3ccccc23)cn1. The Kier molecular flexibility index (Phi) is 3.64. The number of aromatic nitrogens is 1. The molecule has 0 aliphatic rings. The molecule has 2 aromatic carbocycles. The molecule has 0 fully saturated rings. The zero-order valence-corrected chi connectivity index (χ0v) is 12.5. The van der Waals surface area contributed by atoms with Crippen LogP contribution in [0.5, 0.6) is 0 Å². The van der Waals surface area contributed by atoms with E-state index in [1.807, 2.05) is 12.3 Å². The second-order valence-corrected chi connectivity index (χ2v) is 5.47. The molecule has 1 heterocycles. The minimum Gasteiger partial charge on any atom is -0.380 e. The molecule has 0 saturated heterocycles. The lowest BCUT2D eigenvalue weighted by atomic mass is 10.0. The van der Waals surface area contributed by atoms with Crippen LogP contribution in [0, 0.1) is 3.70 Å². The van der Waals surface area contributed by atoms with Crippen LogP contribution in [0.1, 0.15) is 5.56 Å². The van der Waals surface area contributed by atoms with E-state index in [1.165, 1.54) is 16.3 Å². The number of hydrogen-bond donors (Lipinski definition) is 1. The minimum absolute atomic E-state index is 0.809. The molecule has 2 nitrogen and oxygen atoms in total. The van der Waals surface area contributed by atoms with Gasteiger partial charge in [0.1, 0.15) is 3.70 Å². The Morgan fingerprint density at radius 2 is 1.79 bits per heavy atom. The first-order valence-corrected chi connectivity index (χ1v) is 7.23. The Labute approximate surface area is 126 Å². The zero-order chi connectivity index (χ0) is 13.1. The van der Waals surface area contributed by atoms with E-state index in [4.69, 9.17) is 0 Å². The first-order chi connectivity index (χ1) is 9.33. The van der Waals surface area contributed by atoms with Crippen LogP contribution in [0.25, 0.3) is 10.8 Å². The monoisotopic (exact) mass is 360 g/mol. The Morgan fingerprint density at radius 3 is 2.63 bits per heavy atom. The van der Waals surface area contributed by atoms with Crippen LogP contribution in [0.2, 0.25) is 0 Å². The lowest BCUT2D eigenvalue weighted by Crippen LogP contribution is -2.00. The van der Waals surface area contributed by atoms with Gasteiger partial charge in [0.2, 0.25) is 0 Å². The molecular formula is C16H13IN2. The fourth-order valence-electron chi connectivity index (χ4n) is 2.12. The molecule has 0 spiro atoms. The summed E-state index contributed by atoms with van der Waals surface area (Å²) < 4.78 is 1.01. The third-order valence-electron chi connectivity index (χ3n) is 3.09. The molecule has 0 bridgehead atoms. The highest BCUT2D eigenvalue weighted by molar-refractivity contribution is 14.1. The van der Waals surface area contributed by atoms with Crippen molar-refractivity contribution in [3.05, 3.63) is 70.1 Å². The second-order valence-electron chi connectivity index (χ2n) is 4.36. The minimum atomic E-state index is 0.809. The number of hydrogen-bond acceptors (Lipinski definition) is 2. The number of fused-ring (bicyclic) bond motifs is 1. The zero-order valence-electron chi connectivity index (χ0n) is 10.3. The van der Waals surface area contributed by atoms with Crippen molar-refractivity contribution in [2.45, 2.75) is 6.54 Å². The van der Waals surface area contributed by atoms with Crippen LogP contribution < -0.4 is 5.32 Å². The Hall–Kier alpha value is -1.62. The van der Waals surface area contributed by atoms with Crippen molar-refractivity contribution >= 4 is 39.1 Å². The normalized spacial score (nSPS) is 10.6. The van der Waals surface area contributed by atoms with Crippen LogP contribution in [0.15, 0.2) is 60.8 Å². The van der Waals surface area contributed by atoms with Gasteiger partial charge in [-0.05, 0) is 51.1 Å². The molecule has 3 heteroatoms. The van der Waals surface area contributed by atoms with Gasteiger partial charge in [0.15, 0.2) is 0 Å². The topological polar surface area (TPSA) is 24.9 Å². The van der Waals surface area contributed by atoms with E-state index in [2.05, 4.69) is 81.4 Å². The third-order valence-corrected chi connectivity index (χ3v) is 3.73. The van der Waals surface area contributed by atoms with Crippen LogP contribution >= 0.6 is 22.6 Å². The average Bonchev–Trinajstić information content (AvgIpc) is 2.47. The maximum atomic E-state index is 4.28. The molecule has 0 aliphatic carbocycles. The average molecular weight is 360 g/mol. The molecule has 0 radical (unpaired) electrons. The van der Waals surface area contributed by atoms with Gasteiger partial charge in [-0.25, -0.2) is 4.98 Å². The summed E-state index contributed by atoms with van der Waals surface area (Å²) in [6.07, 6.45) is 1.87. The molecule has 94 valence electrons. The van der Waals surface area contributed by atoms with Gasteiger partial charge in [-0.3, -0.25) is 0 Å². The smallest absolute Gasteiger partial charge is 0.101 e. The Balaban J connectivity index is 1.84. The molecule has 0 unspecified atom stereocenters. The lowest BCUT2D eigenvalue weighted by Gasteiger charge is -2.09. The Morgan fingerprint density at radius 1 is 0.947 bits per heavy atom. The largest absolute Gasteiger partial charge is 0.380 e. The Bertz CT molecular complexity index is 687. The number of nitrogens with zero attached hydrogens (tertiary/aromatic N) is 1. The maximum absolute atomic E-state index is 4.28. The summed E-state index contributed by atoms with van der Waals surface area (Å²) in [4.78, 5) is 4.28. The van der Waals surface area contributed by atoms with Crippen molar-refractivity contribution in [2.24, 2.45) is 0 Å². The second kappa shape index (κ2) is 5.57. The van der Waals surface area contributed by atoms with Gasteiger partial charge in [0.25, 0.3) is 0 Å². The maximum Gasteiger partial charge on any atom is 0.101 e. The highest BCUT2D eigenvalue weighted by Crippen LogP contribution is 2.19. The lowest BCUT2D eigenvalue weighted by molar-refractivity contribution is 1.15. The van der Waals surface area contributed by atoms with Crippen LogP contribution in [0.3, 0.4) is 0 Å². The fraction of sp³-hybridized carbons (Fsp3) is 0.0625. The van der Waals surface area contributed by atoms with Crippen molar-refractivity contribution in [2.75, 3.05) is 5.32 Å². The molecular weight excluding hydrogens is 347 g/mol. The molecule has 3 aromatic rings. The van der Waals surface area contributed by atoms with E-state index in [0.29, 0.717) is 0 Å². The fourth-order valence-corrected chi connectivity index (χ4v) is 2.44. The summed E-state index contributed by atoms with van der Waals surface area (Å²) in [5.74, 6) is 0. The van der Waals surface area contributed by atoms with Gasteiger partial charge in [-0.1, -0.05) is 42.5 Å². The van der Waals surface area contributed by atoms with E-state index in [9.17, 15) is 0 Å². The summed E-state index contributed by atoms with van der Waals surface area (Å²) in [6, 6.07) is 18.9. The standard InChI is InChI=1S/C16H13IN2/c17-16-9-8-14(11-19-16)18-10-13-6-3-5-12-4-1-2-7-15(12)13/h1-9,11,18H,10H2. The molecule has 1 aromatic heterocycles. The first kappa shape index (κ1) is 12.4. The number of benzene rings is 2. The summed E-state index contributed by atoms with van der Waals surface area (Å²) in [7, 11) is 0. The molecule has 0 amide bonds. The molecule has 0 aliphatic heterocycles. The van der Waals surface area contributed by atoms with Gasteiger partial charge < -0.3 is 5.32 Å². The quantitative estimate of drug-likeness (QED) is 0.551. The number of pyridine rings is 1. The van der Waals surface area contributed by atoms with Crippen LogP contribution in [0.4, 0.5) is 5.69 Å². The van der Waals surface area contributed by atoms with Crippen molar-refractivity contribution in [3.63, 3.8) is 0 Å². The molecule has 0 saturated carbocycles. The number of rotatable bonds is 3. The van der Waals surface area contributed by atoms with E-state index in [1.54, 1.807) is 0 Å². The first-order valence-electron chi connectivity index (χ1n) is 6.15. The van der Waals surface area contributed by atoms with Gasteiger partial charge in [0.05, 0.1) is 11.9 Å². The molecule has 0 atom stereocenters. The van der Waals surface area contributed by atoms with Crippen LogP contribution in [-0.4, -0.2) is 4.98 Å². The van der Waals surface area contributed by atoms with E-state index >= 15 is 0 Å². The summed E-state index contributed by atoms with van der Waals surface area (Å²) in [5, 5.41) is 6.00. The summed E-state index contributed by atoms with van der Waals surface area (Å²) in [5.41, 5.74) is 2.35. The summed E-state index contributed by atoms with van der Waals surface area (Å²) in [6.45, 7) is 0.809. The van der Waals surface area contributed by atoms with Crippen molar-refractivity contribution in [1.82, 2.24) is 4.98 Å². The van der Waals surface area contributed by atoms with Gasteiger partial charge in [-0.2, -0.15) is 0 Å². The van der Waals surface area contributed by atoms with Crippen molar-refractivity contribution in [3.8, 4) is 0 Å². The number of nitrogens with one attached hydrogen (secondary N) is 1. The van der Waals surface area contributed by atoms with E-state index < -0.39 is 0 Å². The van der Waals surface area contributed by atoms with Gasteiger partial charge in [-0.15, -0.1) is 0 Å². The van der Waals surface area contributed by atoms with Crippen LogP contribution in [-0.2, 0) is 6.54 Å². The molecule has 3 rings (SSSR count). The van der Waals surface area contributed by atoms with E-state index in [0.717, 1.165) is 15.9 Å². The molecule has 19 heavy (non-hydrogen) atoms. The number of halogens is 1. The number of anilines is 1. The van der Waals surface area contributed by atoms with Crippen molar-refractivity contribution in [1.29, 1.82) is 0 Å². The predicted octanol–water partition coefficient (Wildman–Crippen LogP) is 4.45. The third kappa shape index (κ3) is 2.87. The van der Waals surface area contributed by atoms with Crippen molar-refractivity contribution < 1.29 is 0 Å². The predicted molar refractivity (Wildman–Crippen MR) is 88.2 cm³/mol. The van der Waals surface area contributed by atoms with Gasteiger partial charge >= 0.3 is 0 Å². The summed E-state index contributed by atoms with van der Waals surface area (Å²) >= 11 is 2.21. The van der Waals surface area contributed by atoms with Gasteiger partial charge in [0, 0.05) is 6.54 Å². The van der Waals surface area contributed by atoms with E-state index in [-0.39, 0.29) is 0 Å². The highest BCUT2D eigenvalue weighted by atomic mass is 127. The highest BCUT2D eigenvalue weighted by Gasteiger charge is 2.00.